The van der Waals surface area contributed by atoms with Crippen molar-refractivity contribution in [3.8, 4) is 0 Å². The molecular weight excluding hydrogens is 544 g/mol. The number of epoxide rings is 1. The van der Waals surface area contributed by atoms with Crippen molar-refractivity contribution in [3.05, 3.63) is 24.2 Å². The highest BCUT2D eigenvalue weighted by Crippen LogP contribution is 2.77. The molecule has 0 aromatic carbocycles. The van der Waals surface area contributed by atoms with Gasteiger partial charge in [-0.1, -0.05) is 41.5 Å². The fourth-order valence-electron chi connectivity index (χ4n) is 9.91. The van der Waals surface area contributed by atoms with Gasteiger partial charge in [-0.05, 0) is 25.3 Å². The molecule has 1 spiro atoms. The largest absolute Gasteiger partial charge is 0.472 e. The number of ether oxygens (including phenoxy) is 4. The number of cyclic esters (lactones) is 1. The van der Waals surface area contributed by atoms with E-state index in [-0.39, 0.29) is 30.0 Å². The molecule has 5 fully saturated rings. The zero-order valence-electron chi connectivity index (χ0n) is 25.4. The summed E-state index contributed by atoms with van der Waals surface area (Å²) in [5, 5.41) is 11.6. The number of esters is 3. The summed E-state index contributed by atoms with van der Waals surface area (Å²) in [7, 11) is 1.20. The third-order valence-corrected chi connectivity index (χ3v) is 12.0. The van der Waals surface area contributed by atoms with Gasteiger partial charge in [0.25, 0.3) is 0 Å². The number of fused-ring (bicyclic) bond motifs is 5. The van der Waals surface area contributed by atoms with Gasteiger partial charge in [-0.25, -0.2) is 4.79 Å². The lowest BCUT2D eigenvalue weighted by molar-refractivity contribution is -0.232. The van der Waals surface area contributed by atoms with Crippen molar-refractivity contribution in [1.82, 2.24) is 0 Å². The number of hydrogen-bond acceptors (Lipinski definition) is 10. The second-order valence-electron chi connectivity index (χ2n) is 14.3. The van der Waals surface area contributed by atoms with Gasteiger partial charge in [0.2, 0.25) is 0 Å². The van der Waals surface area contributed by atoms with E-state index >= 15 is 0 Å². The van der Waals surface area contributed by atoms with Crippen LogP contribution in [0.2, 0.25) is 0 Å². The van der Waals surface area contributed by atoms with E-state index in [9.17, 15) is 24.3 Å². The average molecular weight is 587 g/mol. The number of hydrogen-bond donors (Lipinski definition) is 1. The molecule has 1 aromatic rings. The number of carbonyl (C=O) groups excluding carboxylic acids is 4. The Balaban J connectivity index is 1.51. The lowest BCUT2D eigenvalue weighted by Crippen LogP contribution is -2.74. The molecule has 2 saturated heterocycles. The molecule has 3 heterocycles. The maximum absolute atomic E-state index is 14.7. The van der Waals surface area contributed by atoms with Gasteiger partial charge in [0, 0.05) is 39.6 Å². The highest BCUT2D eigenvalue weighted by atomic mass is 16.6. The van der Waals surface area contributed by atoms with Crippen LogP contribution in [-0.2, 0) is 38.1 Å². The molecule has 230 valence electrons. The molecule has 12 unspecified atom stereocenters. The Morgan fingerprint density at radius 1 is 1.14 bits per heavy atom. The first kappa shape index (κ1) is 29.4. The smallest absolute Gasteiger partial charge is 0.335 e. The van der Waals surface area contributed by atoms with Crippen molar-refractivity contribution in [3.63, 3.8) is 0 Å². The zero-order chi connectivity index (χ0) is 30.6. The van der Waals surface area contributed by atoms with Gasteiger partial charge in [-0.3, -0.25) is 14.4 Å². The summed E-state index contributed by atoms with van der Waals surface area (Å²) >= 11 is 0. The molecule has 2 bridgehead atoms. The van der Waals surface area contributed by atoms with Crippen molar-refractivity contribution in [2.45, 2.75) is 97.2 Å². The number of aliphatic hydroxyl groups is 1. The normalized spacial score (nSPS) is 44.4. The summed E-state index contributed by atoms with van der Waals surface area (Å²) in [6.45, 7) is 11.3. The van der Waals surface area contributed by atoms with Crippen molar-refractivity contribution < 1.29 is 47.6 Å². The van der Waals surface area contributed by atoms with Crippen LogP contribution >= 0.6 is 0 Å². The predicted octanol–water partition coefficient (Wildman–Crippen LogP) is 3.79. The first-order chi connectivity index (χ1) is 19.7. The van der Waals surface area contributed by atoms with Crippen LogP contribution < -0.4 is 0 Å². The summed E-state index contributed by atoms with van der Waals surface area (Å²) in [6, 6.07) is 1.80. The van der Waals surface area contributed by atoms with E-state index in [0.29, 0.717) is 19.3 Å². The maximum Gasteiger partial charge on any atom is 0.335 e. The van der Waals surface area contributed by atoms with Gasteiger partial charge in [-0.15, -0.1) is 0 Å². The molecule has 10 heteroatoms. The second-order valence-corrected chi connectivity index (χ2v) is 14.3. The van der Waals surface area contributed by atoms with Crippen LogP contribution in [0, 0.1) is 45.8 Å². The molecule has 42 heavy (non-hydrogen) atoms. The van der Waals surface area contributed by atoms with E-state index in [1.807, 2.05) is 27.7 Å². The topological polar surface area (TPSA) is 142 Å². The molecule has 0 amide bonds. The fraction of sp³-hybridized carbons (Fsp3) is 0.750. The van der Waals surface area contributed by atoms with E-state index in [1.165, 1.54) is 7.11 Å². The summed E-state index contributed by atoms with van der Waals surface area (Å²) in [5.74, 6) is -4.67. The van der Waals surface area contributed by atoms with Crippen LogP contribution in [-0.4, -0.2) is 59.8 Å². The fourth-order valence-corrected chi connectivity index (χ4v) is 9.91. The molecule has 3 saturated carbocycles. The molecule has 1 aromatic heterocycles. The van der Waals surface area contributed by atoms with E-state index in [1.54, 1.807) is 25.5 Å². The van der Waals surface area contributed by atoms with Gasteiger partial charge < -0.3 is 28.5 Å². The molecule has 2 aliphatic heterocycles. The Kier molecular flexibility index (Phi) is 6.56. The Labute approximate surface area is 245 Å². The Bertz CT molecular complexity index is 1300. The van der Waals surface area contributed by atoms with Crippen molar-refractivity contribution in [2.75, 3.05) is 7.11 Å². The highest BCUT2D eigenvalue weighted by molar-refractivity contribution is 5.94. The summed E-state index contributed by atoms with van der Waals surface area (Å²) in [5.41, 5.74) is -2.87. The zero-order valence-corrected chi connectivity index (χ0v) is 25.4. The monoisotopic (exact) mass is 586 g/mol. The number of methoxy groups -OCH3 is 1. The van der Waals surface area contributed by atoms with Crippen LogP contribution in [0.3, 0.4) is 0 Å². The molecule has 12 atom stereocenters. The number of aliphatic hydroxyl groups excluding tert-OH is 1. The number of carbonyl (C=O) groups is 4. The molecule has 6 rings (SSSR count). The summed E-state index contributed by atoms with van der Waals surface area (Å²) in [4.78, 5) is 54.0. The third-order valence-electron chi connectivity index (χ3n) is 12.0. The van der Waals surface area contributed by atoms with Gasteiger partial charge >= 0.3 is 17.9 Å². The van der Waals surface area contributed by atoms with E-state index < -0.39 is 76.0 Å². The molecule has 0 radical (unpaired) electrons. The lowest BCUT2D eigenvalue weighted by Gasteiger charge is -2.65. The average Bonchev–Trinajstić information content (AvgIpc) is 3.40. The van der Waals surface area contributed by atoms with Crippen LogP contribution in [0.15, 0.2) is 23.0 Å². The van der Waals surface area contributed by atoms with Crippen molar-refractivity contribution in [2.24, 2.45) is 45.8 Å². The minimum absolute atomic E-state index is 0.111. The Morgan fingerprint density at radius 3 is 2.48 bits per heavy atom. The quantitative estimate of drug-likeness (QED) is 0.297. The van der Waals surface area contributed by atoms with E-state index in [2.05, 4.69) is 6.92 Å². The van der Waals surface area contributed by atoms with Crippen molar-refractivity contribution >= 4 is 23.7 Å². The SMILES string of the molecule is CCC(C)C(=O)OC1C2C(=O)C(C)(C(C(O)C(=O)OC)C1(C)C)C1CCC3(C)C(c4ccoc4)OC(=O)CC3C13OC23. The third kappa shape index (κ3) is 3.57. The standard InChI is InChI=1S/C32H42O10/c1-8-15(2)27(36)41-25-20-23(35)31(6,22(29(25,3)4)21(34)28(37)38-7)17-9-11-30(5)18(32(17)26(20)42-32)13-19(33)40-24(30)16-10-12-39-14-16/h10,12,14-15,17-18,20-22,24-26,34H,8-9,11,13H2,1-7H3. The number of rotatable bonds is 6. The molecule has 10 nitrogen and oxygen atoms in total. The minimum Gasteiger partial charge on any atom is -0.472 e. The number of furan rings is 1. The summed E-state index contributed by atoms with van der Waals surface area (Å²) < 4.78 is 29.2. The molecule has 3 aliphatic carbocycles. The number of ketones is 1. The minimum atomic E-state index is -1.64. The Morgan fingerprint density at radius 2 is 1.86 bits per heavy atom. The van der Waals surface area contributed by atoms with Crippen LogP contribution in [0.25, 0.3) is 0 Å². The van der Waals surface area contributed by atoms with Gasteiger partial charge in [-0.2, -0.15) is 0 Å². The van der Waals surface area contributed by atoms with Gasteiger partial charge in [0.1, 0.15) is 29.7 Å². The molecule has 1 N–H and O–H groups in total. The first-order valence-electron chi connectivity index (χ1n) is 15.1. The molecule has 5 aliphatic rings. The highest BCUT2D eigenvalue weighted by Gasteiger charge is 2.86. The van der Waals surface area contributed by atoms with Crippen LogP contribution in [0.5, 0.6) is 0 Å². The van der Waals surface area contributed by atoms with Crippen molar-refractivity contribution in [1.29, 1.82) is 0 Å². The van der Waals surface area contributed by atoms with E-state index in [4.69, 9.17) is 23.4 Å². The lowest BCUT2D eigenvalue weighted by atomic mass is 9.37. The van der Waals surface area contributed by atoms with Crippen LogP contribution in [0.4, 0.5) is 0 Å². The van der Waals surface area contributed by atoms with Crippen LogP contribution in [0.1, 0.15) is 78.9 Å². The predicted molar refractivity (Wildman–Crippen MR) is 145 cm³/mol. The second kappa shape index (κ2) is 9.39. The number of Topliss-reactive ketones (excluding diaryl/α,β-unsaturated/α-hetero) is 1. The van der Waals surface area contributed by atoms with Gasteiger partial charge in [0.05, 0.1) is 37.9 Å². The van der Waals surface area contributed by atoms with E-state index in [0.717, 1.165) is 5.56 Å². The molecular formula is C32H42O10. The maximum atomic E-state index is 14.7. The van der Waals surface area contributed by atoms with Gasteiger partial charge in [0.15, 0.2) is 6.10 Å². The first-order valence-corrected chi connectivity index (χ1v) is 15.1. The summed E-state index contributed by atoms with van der Waals surface area (Å²) in [6.07, 6.45) is 1.28. The Hall–Kier alpha value is -2.72.